The Morgan fingerprint density at radius 2 is 1.71 bits per heavy atom. The number of nitrogens with zero attached hydrogens (tertiary/aromatic N) is 2. The molecule has 0 bridgehead atoms. The van der Waals surface area contributed by atoms with Gasteiger partial charge in [-0.25, -0.2) is 17.2 Å². The fraction of sp³-hybridized carbons (Fsp3) is 0.417. The lowest BCUT2D eigenvalue weighted by atomic mass is 10.1. The standard InChI is InChI=1S/C24H30ClF2N3O4S/c1-16(2)28-24(32)17(3)29(15-18-8-5-6-9-20(18)25)23(31)10-7-13-30(35(4,33)34)19-11-12-21(26)22(27)14-19/h5-6,8-9,11-12,14,16-17H,7,10,13,15H2,1-4H3,(H,28,32)/t17-/m1/s1. The van der Waals surface area contributed by atoms with Gasteiger partial charge >= 0.3 is 0 Å². The summed E-state index contributed by atoms with van der Waals surface area (Å²) in [4.78, 5) is 27.2. The molecule has 0 unspecified atom stereocenters. The molecule has 0 aliphatic rings. The van der Waals surface area contributed by atoms with Gasteiger partial charge in [0.15, 0.2) is 11.6 Å². The van der Waals surface area contributed by atoms with Crippen molar-refractivity contribution < 1.29 is 26.8 Å². The average molecular weight is 530 g/mol. The smallest absolute Gasteiger partial charge is 0.242 e. The fourth-order valence-corrected chi connectivity index (χ4v) is 4.59. The summed E-state index contributed by atoms with van der Waals surface area (Å²) in [6.07, 6.45) is 0.944. The summed E-state index contributed by atoms with van der Waals surface area (Å²) in [5, 5.41) is 3.23. The molecule has 0 heterocycles. The maximum absolute atomic E-state index is 13.7. The summed E-state index contributed by atoms with van der Waals surface area (Å²) in [5.74, 6) is -2.99. The number of amides is 2. The summed E-state index contributed by atoms with van der Waals surface area (Å²) < 4.78 is 52.4. The van der Waals surface area contributed by atoms with Crippen LogP contribution in [0.2, 0.25) is 5.02 Å². The molecule has 2 aromatic carbocycles. The van der Waals surface area contributed by atoms with Crippen LogP contribution < -0.4 is 9.62 Å². The zero-order valence-electron chi connectivity index (χ0n) is 20.1. The minimum Gasteiger partial charge on any atom is -0.352 e. The summed E-state index contributed by atoms with van der Waals surface area (Å²) in [6.45, 7) is 5.18. The second-order valence-electron chi connectivity index (χ2n) is 8.49. The third kappa shape index (κ3) is 8.17. The zero-order valence-corrected chi connectivity index (χ0v) is 21.7. The number of halogens is 3. The molecule has 7 nitrogen and oxygen atoms in total. The molecule has 2 rings (SSSR count). The fourth-order valence-electron chi connectivity index (χ4n) is 3.44. The minimum absolute atomic E-state index is 0.0450. The lowest BCUT2D eigenvalue weighted by molar-refractivity contribution is -0.140. The maximum atomic E-state index is 13.7. The number of carbonyl (C=O) groups is 2. The van der Waals surface area contributed by atoms with Gasteiger partial charge in [-0.05, 0) is 51.0 Å². The van der Waals surface area contributed by atoms with Crippen LogP contribution in [-0.2, 0) is 26.2 Å². The van der Waals surface area contributed by atoms with E-state index in [-0.39, 0.29) is 49.5 Å². The first-order chi connectivity index (χ1) is 16.3. The largest absolute Gasteiger partial charge is 0.352 e. The van der Waals surface area contributed by atoms with Crippen LogP contribution in [0.1, 0.15) is 39.2 Å². The minimum atomic E-state index is -3.83. The van der Waals surface area contributed by atoms with Crippen molar-refractivity contribution >= 4 is 39.1 Å². The molecule has 11 heteroatoms. The SMILES string of the molecule is CC(C)NC(=O)[C@@H](C)N(Cc1ccccc1Cl)C(=O)CCCN(c1ccc(F)c(F)c1)S(C)(=O)=O. The van der Waals surface area contributed by atoms with Crippen molar-refractivity contribution in [1.82, 2.24) is 10.2 Å². The van der Waals surface area contributed by atoms with E-state index in [4.69, 9.17) is 11.6 Å². The summed E-state index contributed by atoms with van der Waals surface area (Å²) in [5.41, 5.74) is 0.614. The number of rotatable bonds is 11. The quantitative estimate of drug-likeness (QED) is 0.474. The van der Waals surface area contributed by atoms with E-state index in [1.165, 1.54) is 4.90 Å². The number of hydrogen-bond acceptors (Lipinski definition) is 4. The molecule has 0 saturated carbocycles. The first-order valence-electron chi connectivity index (χ1n) is 11.1. The van der Waals surface area contributed by atoms with Crippen LogP contribution in [0.3, 0.4) is 0 Å². The highest BCUT2D eigenvalue weighted by Gasteiger charge is 2.27. The van der Waals surface area contributed by atoms with E-state index in [2.05, 4.69) is 5.32 Å². The Morgan fingerprint density at radius 3 is 2.29 bits per heavy atom. The van der Waals surface area contributed by atoms with Crippen molar-refractivity contribution in [2.45, 2.75) is 52.2 Å². The molecule has 1 N–H and O–H groups in total. The van der Waals surface area contributed by atoms with E-state index >= 15 is 0 Å². The van der Waals surface area contributed by atoms with Gasteiger partial charge in [-0.3, -0.25) is 13.9 Å². The molecule has 0 spiro atoms. The molecule has 0 radical (unpaired) electrons. The molecular formula is C24H30ClF2N3O4S. The van der Waals surface area contributed by atoms with Gasteiger partial charge in [0.2, 0.25) is 21.8 Å². The Labute approximate surface area is 210 Å². The predicted octanol–water partition coefficient (Wildman–Crippen LogP) is 4.11. The molecule has 0 aliphatic carbocycles. The predicted molar refractivity (Wildman–Crippen MR) is 133 cm³/mol. The summed E-state index contributed by atoms with van der Waals surface area (Å²) in [6, 6.07) is 8.83. The number of anilines is 1. The van der Waals surface area contributed by atoms with Crippen LogP contribution in [-0.4, -0.2) is 50.0 Å². The van der Waals surface area contributed by atoms with Gasteiger partial charge in [-0.15, -0.1) is 0 Å². The number of benzene rings is 2. The molecule has 0 fully saturated rings. The molecule has 2 amide bonds. The Kier molecular flexibility index (Phi) is 10.0. The van der Waals surface area contributed by atoms with Crippen molar-refractivity contribution in [3.8, 4) is 0 Å². The van der Waals surface area contributed by atoms with E-state index < -0.39 is 27.7 Å². The lowest BCUT2D eigenvalue weighted by Crippen LogP contribution is -2.49. The second-order valence-corrected chi connectivity index (χ2v) is 10.8. The summed E-state index contributed by atoms with van der Waals surface area (Å²) >= 11 is 6.26. The first-order valence-corrected chi connectivity index (χ1v) is 13.3. The van der Waals surface area contributed by atoms with E-state index in [0.717, 1.165) is 28.8 Å². The van der Waals surface area contributed by atoms with Crippen LogP contribution in [0.25, 0.3) is 0 Å². The van der Waals surface area contributed by atoms with Gasteiger partial charge in [0.25, 0.3) is 0 Å². The first kappa shape index (κ1) is 28.5. The van der Waals surface area contributed by atoms with E-state index in [1.807, 2.05) is 13.8 Å². The van der Waals surface area contributed by atoms with Crippen molar-refractivity contribution in [2.24, 2.45) is 0 Å². The topological polar surface area (TPSA) is 86.8 Å². The van der Waals surface area contributed by atoms with Crippen molar-refractivity contribution in [3.63, 3.8) is 0 Å². The normalized spacial score (nSPS) is 12.3. The van der Waals surface area contributed by atoms with Gasteiger partial charge in [0.1, 0.15) is 6.04 Å². The molecule has 192 valence electrons. The van der Waals surface area contributed by atoms with Crippen LogP contribution in [0.4, 0.5) is 14.5 Å². The Hall–Kier alpha value is -2.72. The number of carbonyl (C=O) groups excluding carboxylic acids is 2. The van der Waals surface area contributed by atoms with Crippen molar-refractivity contribution in [3.05, 3.63) is 64.7 Å². The Bertz CT molecular complexity index is 1160. The van der Waals surface area contributed by atoms with Crippen molar-refractivity contribution in [2.75, 3.05) is 17.1 Å². The zero-order chi connectivity index (χ0) is 26.3. The number of nitrogens with one attached hydrogen (secondary N) is 1. The maximum Gasteiger partial charge on any atom is 0.242 e. The molecular weight excluding hydrogens is 500 g/mol. The van der Waals surface area contributed by atoms with Gasteiger partial charge in [0.05, 0.1) is 11.9 Å². The lowest BCUT2D eigenvalue weighted by Gasteiger charge is -2.30. The number of hydrogen-bond donors (Lipinski definition) is 1. The summed E-state index contributed by atoms with van der Waals surface area (Å²) in [7, 11) is -3.83. The van der Waals surface area contributed by atoms with Crippen LogP contribution in [0.15, 0.2) is 42.5 Å². The second kappa shape index (κ2) is 12.3. The molecule has 1 atom stereocenters. The average Bonchev–Trinajstić information content (AvgIpc) is 2.76. The Morgan fingerprint density at radius 1 is 1.06 bits per heavy atom. The molecule has 2 aromatic rings. The van der Waals surface area contributed by atoms with Gasteiger partial charge in [-0.2, -0.15) is 0 Å². The highest BCUT2D eigenvalue weighted by molar-refractivity contribution is 7.92. The van der Waals surface area contributed by atoms with Crippen LogP contribution >= 0.6 is 11.6 Å². The molecule has 0 aliphatic heterocycles. The third-order valence-corrected chi connectivity index (χ3v) is 6.80. The Balaban J connectivity index is 2.20. The molecule has 0 aromatic heterocycles. The van der Waals surface area contributed by atoms with Gasteiger partial charge < -0.3 is 10.2 Å². The van der Waals surface area contributed by atoms with Gasteiger partial charge in [-0.1, -0.05) is 29.8 Å². The molecule has 35 heavy (non-hydrogen) atoms. The molecule has 0 saturated heterocycles. The third-order valence-electron chi connectivity index (χ3n) is 5.24. The monoisotopic (exact) mass is 529 g/mol. The van der Waals surface area contributed by atoms with E-state index in [9.17, 15) is 26.8 Å². The highest BCUT2D eigenvalue weighted by Crippen LogP contribution is 2.22. The van der Waals surface area contributed by atoms with Crippen LogP contribution in [0.5, 0.6) is 0 Å². The van der Waals surface area contributed by atoms with Gasteiger partial charge in [0, 0.05) is 36.6 Å². The van der Waals surface area contributed by atoms with Crippen LogP contribution in [0, 0.1) is 11.6 Å². The van der Waals surface area contributed by atoms with E-state index in [1.54, 1.807) is 31.2 Å². The highest BCUT2D eigenvalue weighted by atomic mass is 35.5. The number of sulfonamides is 1. The van der Waals surface area contributed by atoms with E-state index in [0.29, 0.717) is 10.6 Å². The van der Waals surface area contributed by atoms with Crippen molar-refractivity contribution in [1.29, 1.82) is 0 Å².